The number of hydrogen-bond acceptors (Lipinski definition) is 0. The number of unbranched alkanes of at least 4 members (excludes halogenated alkanes) is 5. The summed E-state index contributed by atoms with van der Waals surface area (Å²) in [6, 6.07) is 26.3. The van der Waals surface area contributed by atoms with E-state index in [4.69, 9.17) is 0 Å². The van der Waals surface area contributed by atoms with Crippen molar-refractivity contribution in [2.24, 2.45) is 0 Å². The lowest BCUT2D eigenvalue weighted by molar-refractivity contribution is -0.929. The van der Waals surface area contributed by atoms with E-state index in [9.17, 15) is 8.78 Å². The molecule has 3 aromatic rings. The molecule has 0 saturated carbocycles. The lowest BCUT2D eigenvalue weighted by Gasteiger charge is -2.39. The van der Waals surface area contributed by atoms with Crippen molar-refractivity contribution in [1.82, 2.24) is 0 Å². The van der Waals surface area contributed by atoms with E-state index < -0.39 is 7.94 Å². The number of benzene rings is 3. The van der Waals surface area contributed by atoms with Crippen LogP contribution in [0.25, 0.3) is 0 Å². The average molecular weight is 862 g/mol. The van der Waals surface area contributed by atoms with E-state index in [-0.39, 0.29) is 25.8 Å². The van der Waals surface area contributed by atoms with E-state index in [2.05, 4.69) is 149 Å². The van der Waals surface area contributed by atoms with Gasteiger partial charge in [-0.1, -0.05) is 228 Å². The highest BCUT2D eigenvalue weighted by atomic mass is 28.3. The normalized spacial score (nSPS) is 15.8. The zero-order valence-electron chi connectivity index (χ0n) is 41.8. The van der Waals surface area contributed by atoms with Crippen LogP contribution in [0.2, 0.25) is 31.3 Å². The lowest BCUT2D eigenvalue weighted by Crippen LogP contribution is -2.61. The van der Waals surface area contributed by atoms with Gasteiger partial charge in [0.05, 0.1) is 26.2 Å². The molecule has 1 nitrogen and oxygen atoms in total. The van der Waals surface area contributed by atoms with Crippen molar-refractivity contribution in [3.05, 3.63) is 138 Å². The molecule has 0 saturated heterocycles. The van der Waals surface area contributed by atoms with Gasteiger partial charge in [0.15, 0.2) is 7.28 Å². The molecule has 5 rings (SSSR count). The molecule has 0 heterocycles. The molecule has 341 valence electrons. The van der Waals surface area contributed by atoms with Crippen molar-refractivity contribution in [3.8, 4) is 0 Å². The number of nitrogens with zero attached hydrogens (tertiary/aromatic N) is 1. The van der Waals surface area contributed by atoms with Crippen molar-refractivity contribution in [1.29, 1.82) is 0 Å². The van der Waals surface area contributed by atoms with Crippen LogP contribution in [-0.4, -0.2) is 60.0 Å². The smallest absolute Gasteiger partial charge is 0.152 e. The van der Waals surface area contributed by atoms with Crippen LogP contribution in [-0.2, 0) is 0 Å². The Kier molecular flexibility index (Phi) is 28.1. The summed E-state index contributed by atoms with van der Waals surface area (Å²) in [5.74, 6) is 0.881. The second kappa shape index (κ2) is 31.7. The number of rotatable bonds is 21. The largest absolute Gasteiger partial charge is 0.324 e. The molecule has 2 atom stereocenters. The van der Waals surface area contributed by atoms with Gasteiger partial charge in [-0.05, 0) is 80.7 Å². The van der Waals surface area contributed by atoms with E-state index in [0.29, 0.717) is 11.6 Å². The van der Waals surface area contributed by atoms with Gasteiger partial charge in [-0.15, -0.1) is 11.6 Å². The summed E-state index contributed by atoms with van der Waals surface area (Å²) in [6.45, 7) is 28.2. The first-order chi connectivity index (χ1) is 29.9. The molecule has 7 heteroatoms. The molecule has 62 heavy (non-hydrogen) atoms. The topological polar surface area (TPSA) is 0 Å². The molecule has 2 unspecified atom stereocenters. The average Bonchev–Trinajstić information content (AvgIpc) is 3.28. The number of aryl methyl sites for hydroxylation is 3. The lowest BCUT2D eigenvalue weighted by atomic mass is 9.63. The van der Waals surface area contributed by atoms with Crippen molar-refractivity contribution >= 4 is 45.2 Å². The van der Waals surface area contributed by atoms with Gasteiger partial charge in [-0.25, -0.2) is 8.78 Å². The van der Waals surface area contributed by atoms with E-state index in [1.165, 1.54) is 134 Å². The molecule has 1 radical (unpaired) electrons. The third-order valence-corrected chi connectivity index (χ3v) is 19.2. The summed E-state index contributed by atoms with van der Waals surface area (Å²) < 4.78 is 27.5. The summed E-state index contributed by atoms with van der Waals surface area (Å²) in [4.78, 5) is 0. The maximum Gasteiger partial charge on any atom is 0.152 e. The fourth-order valence-electron chi connectivity index (χ4n) is 9.74. The van der Waals surface area contributed by atoms with E-state index in [1.54, 1.807) is 18.2 Å². The molecule has 0 fully saturated rings. The van der Waals surface area contributed by atoms with Crippen LogP contribution in [0.1, 0.15) is 128 Å². The first kappa shape index (κ1) is 55.0. The van der Waals surface area contributed by atoms with Crippen LogP contribution in [0.4, 0.5) is 8.78 Å². The Hall–Kier alpha value is -3.15. The quantitative estimate of drug-likeness (QED) is 0.0569. The second-order valence-corrected chi connectivity index (χ2v) is 24.3. The van der Waals surface area contributed by atoms with Crippen LogP contribution in [0.3, 0.4) is 0 Å². The Labute approximate surface area is 384 Å². The Bertz CT molecular complexity index is 1660. The number of halogens is 2. The van der Waals surface area contributed by atoms with Crippen molar-refractivity contribution in [2.45, 2.75) is 164 Å². The number of hydrogen-bond donors (Lipinski definition) is 0. The van der Waals surface area contributed by atoms with Gasteiger partial charge in [-0.2, -0.15) is 6.82 Å². The van der Waals surface area contributed by atoms with Crippen LogP contribution in [0.5, 0.6) is 0 Å². The van der Waals surface area contributed by atoms with E-state index in [1.807, 2.05) is 18.2 Å². The fourth-order valence-corrected chi connectivity index (χ4v) is 14.7. The van der Waals surface area contributed by atoms with Crippen molar-refractivity contribution in [2.75, 3.05) is 26.2 Å². The highest BCUT2D eigenvalue weighted by molar-refractivity contribution is 7.37. The van der Waals surface area contributed by atoms with Gasteiger partial charge in [0, 0.05) is 0 Å². The molecule has 0 N–H and O–H groups in total. The monoisotopic (exact) mass is 862 g/mol. The van der Waals surface area contributed by atoms with Gasteiger partial charge in [0.2, 0.25) is 0 Å². The first-order valence-electron chi connectivity index (χ1n) is 25.6. The second-order valence-electron chi connectivity index (χ2n) is 19.4. The molecule has 2 aliphatic carbocycles. The maximum atomic E-state index is 13.6. The first-order valence-corrected chi connectivity index (χ1v) is 28.6. The van der Waals surface area contributed by atoms with Crippen LogP contribution in [0.15, 0.2) is 121 Å². The standard InChI is InChI=1S/C19H21BFSi.C16H36N.C13H20B.C7H11BF/c1-22(18-11-4-2-5-12-18,19-13-6-3-7-14-19)20-16-9-8-10-17(21)15-16;1-5-9-13-17(14-10-6-2,15-11-7-3)16-12-8-4;1-5-6-7-14-13-11(3)8-10(2)9-12(13)4;1-8-6-3-2-4-7(9)5-6/h2-8,10-16H,9,20H2,1H3;5-16H2,1-4H3;8-9H,5-7H2,1-4H3;2,4-6H,3,8H2,1H3/q-1;+1;;-1. The zero-order chi connectivity index (χ0) is 45.6. The number of quaternary nitrogens is 1. The molecule has 0 amide bonds. The minimum Gasteiger partial charge on any atom is -0.324 e. The molecule has 2 aliphatic rings. The maximum absolute atomic E-state index is 13.6. The Morgan fingerprint density at radius 3 is 1.39 bits per heavy atom. The van der Waals surface area contributed by atoms with E-state index >= 15 is 0 Å². The molecule has 0 aromatic heterocycles. The molecule has 0 spiro atoms. The van der Waals surface area contributed by atoms with Gasteiger partial charge in [-0.3, -0.25) is 0 Å². The SMILES string of the molecule is CCCC[B]c1c(C)cc(C)cc1C.CCCC[N+](CCCC)(CCCC)CCCC.C[BH2-]C1C=C(F)C=CC1.C[Si]([BH2-]C1C=C(F)C=CC1)(c1ccccc1)c1ccccc1. The minimum absolute atomic E-state index is 0.0446. The zero-order valence-corrected chi connectivity index (χ0v) is 42.8. The van der Waals surface area contributed by atoms with Gasteiger partial charge in [0.25, 0.3) is 0 Å². The van der Waals surface area contributed by atoms with Gasteiger partial charge in [0.1, 0.15) is 11.7 Å². The predicted octanol–water partition coefficient (Wildman–Crippen LogP) is 13.1. The Morgan fingerprint density at radius 2 is 1.02 bits per heavy atom. The summed E-state index contributed by atoms with van der Waals surface area (Å²) >= 11 is 0. The Morgan fingerprint density at radius 1 is 0.613 bits per heavy atom. The number of allylic oxidation sites excluding steroid dienone is 8. The molecule has 0 aliphatic heterocycles. The van der Waals surface area contributed by atoms with E-state index in [0.717, 1.165) is 12.8 Å². The predicted molar refractivity (Wildman–Crippen MR) is 285 cm³/mol. The van der Waals surface area contributed by atoms with Crippen LogP contribution >= 0.6 is 0 Å². The minimum atomic E-state index is -1.74. The highest BCUT2D eigenvalue weighted by Crippen LogP contribution is 2.25. The third kappa shape index (κ3) is 20.6. The highest BCUT2D eigenvalue weighted by Gasteiger charge is 2.28. The molecular weight excluding hydrogens is 773 g/mol. The molecule has 0 bridgehead atoms. The third-order valence-electron chi connectivity index (χ3n) is 13.7. The summed E-state index contributed by atoms with van der Waals surface area (Å²) in [5.41, 5.74) is 5.65. The van der Waals surface area contributed by atoms with Crippen molar-refractivity contribution in [3.63, 3.8) is 0 Å². The summed E-state index contributed by atoms with van der Waals surface area (Å²) in [7, 11) is 0.720. The van der Waals surface area contributed by atoms with Crippen molar-refractivity contribution < 1.29 is 13.3 Å². The van der Waals surface area contributed by atoms with Gasteiger partial charge >= 0.3 is 0 Å². The van der Waals surface area contributed by atoms with Crippen LogP contribution in [0, 0.1) is 20.8 Å². The van der Waals surface area contributed by atoms with Crippen LogP contribution < -0.4 is 15.8 Å². The molecular formula is C55H88B3F2NSi-. The fraction of sp³-hybridized carbons (Fsp3) is 0.527. The van der Waals surface area contributed by atoms with Gasteiger partial charge < -0.3 is 4.48 Å². The summed E-state index contributed by atoms with van der Waals surface area (Å²) in [5, 5.41) is 2.95. The molecule has 3 aromatic carbocycles. The Balaban J connectivity index is 0.000000298. The summed E-state index contributed by atoms with van der Waals surface area (Å²) in [6.07, 6.45) is 27.6.